The summed E-state index contributed by atoms with van der Waals surface area (Å²) < 4.78 is 6.49. The molecule has 0 unspecified atom stereocenters. The van der Waals surface area contributed by atoms with E-state index in [1.807, 2.05) is 80.6 Å². The van der Waals surface area contributed by atoms with Crippen LogP contribution >= 0.6 is 0 Å². The number of aromatic nitrogens is 4. The molecule has 0 fully saturated rings. The molecule has 2 aromatic heterocycles. The van der Waals surface area contributed by atoms with Crippen molar-refractivity contribution in [2.24, 2.45) is 5.10 Å². The largest absolute Gasteiger partial charge is 0.450 e. The molecule has 4 rings (SSSR count). The van der Waals surface area contributed by atoms with E-state index in [9.17, 15) is 9.59 Å². The number of amides is 1. The summed E-state index contributed by atoms with van der Waals surface area (Å²) in [7, 11) is 0. The Morgan fingerprint density at radius 1 is 0.969 bits per heavy atom. The fraction of sp³-hybridized carbons (Fsp3) is 0.130. The maximum Gasteiger partial charge on any atom is 0.378 e. The lowest BCUT2D eigenvalue weighted by Gasteiger charge is -2.08. The van der Waals surface area contributed by atoms with Crippen LogP contribution in [-0.4, -0.2) is 43.8 Å². The van der Waals surface area contributed by atoms with E-state index in [1.54, 1.807) is 0 Å². The minimum Gasteiger partial charge on any atom is -0.450 e. The van der Waals surface area contributed by atoms with E-state index in [0.29, 0.717) is 11.5 Å². The van der Waals surface area contributed by atoms with Gasteiger partial charge in [0.15, 0.2) is 6.61 Å². The number of benzene rings is 2. The van der Waals surface area contributed by atoms with E-state index in [2.05, 4.69) is 25.6 Å². The molecule has 2 heterocycles. The van der Waals surface area contributed by atoms with Gasteiger partial charge in [-0.2, -0.15) is 10.1 Å². The second-order valence-corrected chi connectivity index (χ2v) is 6.99. The zero-order valence-corrected chi connectivity index (χ0v) is 17.5. The second kappa shape index (κ2) is 9.17. The van der Waals surface area contributed by atoms with Gasteiger partial charge in [-0.05, 0) is 19.9 Å². The molecule has 4 aromatic rings. The third kappa shape index (κ3) is 4.67. The highest BCUT2D eigenvalue weighted by Gasteiger charge is 2.18. The first-order chi connectivity index (χ1) is 15.5. The van der Waals surface area contributed by atoms with Crippen LogP contribution in [0.25, 0.3) is 5.78 Å². The summed E-state index contributed by atoms with van der Waals surface area (Å²) in [6.45, 7) is 3.12. The second-order valence-electron chi connectivity index (χ2n) is 6.99. The van der Waals surface area contributed by atoms with Crippen LogP contribution in [0.5, 0.6) is 0 Å². The molecule has 0 aliphatic carbocycles. The lowest BCUT2D eigenvalue weighted by Crippen LogP contribution is -2.26. The Morgan fingerprint density at radius 3 is 2.22 bits per heavy atom. The van der Waals surface area contributed by atoms with E-state index >= 15 is 0 Å². The van der Waals surface area contributed by atoms with Crippen LogP contribution in [0.1, 0.15) is 33.1 Å². The SMILES string of the molecule is Cc1cc(C)n2nc(C(=O)OCC(=O)NN=C(c3ccccc3)c3ccccc3)nc2n1. The molecular weight excluding hydrogens is 408 g/mol. The first-order valence-electron chi connectivity index (χ1n) is 9.87. The molecular formula is C23H20N6O3. The molecule has 0 spiro atoms. The fourth-order valence-corrected chi connectivity index (χ4v) is 3.09. The van der Waals surface area contributed by atoms with Crippen molar-refractivity contribution in [3.63, 3.8) is 0 Å². The van der Waals surface area contributed by atoms with Crippen molar-refractivity contribution < 1.29 is 14.3 Å². The molecule has 1 N–H and O–H groups in total. The molecule has 160 valence electrons. The Morgan fingerprint density at radius 2 is 1.59 bits per heavy atom. The van der Waals surface area contributed by atoms with Crippen molar-refractivity contribution >= 4 is 23.4 Å². The number of rotatable bonds is 6. The van der Waals surface area contributed by atoms with Gasteiger partial charge in [0.1, 0.15) is 0 Å². The van der Waals surface area contributed by atoms with E-state index in [0.717, 1.165) is 22.5 Å². The summed E-state index contributed by atoms with van der Waals surface area (Å²) in [4.78, 5) is 32.9. The van der Waals surface area contributed by atoms with Crippen molar-refractivity contribution in [3.8, 4) is 0 Å². The average molecular weight is 428 g/mol. The number of nitrogens with one attached hydrogen (secondary N) is 1. The molecule has 0 atom stereocenters. The van der Waals surface area contributed by atoms with Gasteiger partial charge >= 0.3 is 5.97 Å². The van der Waals surface area contributed by atoms with Crippen LogP contribution in [0.4, 0.5) is 0 Å². The van der Waals surface area contributed by atoms with Gasteiger partial charge in [0.2, 0.25) is 0 Å². The van der Waals surface area contributed by atoms with Crippen LogP contribution in [0, 0.1) is 13.8 Å². The maximum absolute atomic E-state index is 12.3. The third-order valence-corrected chi connectivity index (χ3v) is 4.52. The molecule has 0 aliphatic rings. The molecule has 1 amide bonds. The molecule has 2 aromatic carbocycles. The number of carbonyl (C=O) groups excluding carboxylic acids is 2. The first kappa shape index (κ1) is 20.9. The highest BCUT2D eigenvalue weighted by molar-refractivity contribution is 6.13. The summed E-state index contributed by atoms with van der Waals surface area (Å²) in [6, 6.07) is 20.7. The van der Waals surface area contributed by atoms with Gasteiger partial charge < -0.3 is 4.74 Å². The maximum atomic E-state index is 12.3. The quantitative estimate of drug-likeness (QED) is 0.287. The van der Waals surface area contributed by atoms with Gasteiger partial charge in [-0.25, -0.2) is 19.7 Å². The minimum atomic E-state index is -0.821. The summed E-state index contributed by atoms with van der Waals surface area (Å²) >= 11 is 0. The molecule has 9 nitrogen and oxygen atoms in total. The van der Waals surface area contributed by atoms with E-state index in [-0.39, 0.29) is 5.82 Å². The van der Waals surface area contributed by atoms with E-state index < -0.39 is 18.5 Å². The molecule has 9 heteroatoms. The topological polar surface area (TPSA) is 111 Å². The average Bonchev–Trinajstić information content (AvgIpc) is 3.24. The van der Waals surface area contributed by atoms with Crippen molar-refractivity contribution in [3.05, 3.63) is 95.1 Å². The number of hydrogen-bond acceptors (Lipinski definition) is 7. The van der Waals surface area contributed by atoms with Crippen molar-refractivity contribution in [2.45, 2.75) is 13.8 Å². The number of aryl methyl sites for hydroxylation is 2. The summed E-state index contributed by atoms with van der Waals surface area (Å²) in [5, 5.41) is 8.35. The number of nitrogens with zero attached hydrogens (tertiary/aromatic N) is 5. The minimum absolute atomic E-state index is 0.170. The van der Waals surface area contributed by atoms with Gasteiger partial charge in [0, 0.05) is 22.5 Å². The number of hydrogen-bond donors (Lipinski definition) is 1. The lowest BCUT2D eigenvalue weighted by molar-refractivity contribution is -0.124. The summed E-state index contributed by atoms with van der Waals surface area (Å²) in [5.74, 6) is -1.29. The van der Waals surface area contributed by atoms with Crippen molar-refractivity contribution in [1.29, 1.82) is 0 Å². The summed E-state index contributed by atoms with van der Waals surface area (Å²) in [5.41, 5.74) is 6.24. The predicted octanol–water partition coefficient (Wildman–Crippen LogP) is 2.47. The zero-order chi connectivity index (χ0) is 22.5. The molecule has 0 saturated carbocycles. The number of ether oxygens (including phenoxy) is 1. The van der Waals surface area contributed by atoms with E-state index in [4.69, 9.17) is 4.74 Å². The number of esters is 1. The highest BCUT2D eigenvalue weighted by atomic mass is 16.5. The zero-order valence-electron chi connectivity index (χ0n) is 17.5. The first-order valence-corrected chi connectivity index (χ1v) is 9.87. The Bertz CT molecular complexity index is 1260. The van der Waals surface area contributed by atoms with Gasteiger partial charge in [-0.3, -0.25) is 4.79 Å². The van der Waals surface area contributed by atoms with Crippen molar-refractivity contribution in [1.82, 2.24) is 25.0 Å². The highest BCUT2D eigenvalue weighted by Crippen LogP contribution is 2.10. The predicted molar refractivity (Wildman–Crippen MR) is 117 cm³/mol. The smallest absolute Gasteiger partial charge is 0.378 e. The number of fused-ring (bicyclic) bond motifs is 1. The number of carbonyl (C=O) groups is 2. The molecule has 32 heavy (non-hydrogen) atoms. The third-order valence-electron chi connectivity index (χ3n) is 4.52. The van der Waals surface area contributed by atoms with Crippen LogP contribution < -0.4 is 5.43 Å². The van der Waals surface area contributed by atoms with Crippen LogP contribution in [0.3, 0.4) is 0 Å². The molecule has 0 aliphatic heterocycles. The van der Waals surface area contributed by atoms with Gasteiger partial charge in [-0.15, -0.1) is 5.10 Å². The van der Waals surface area contributed by atoms with Crippen LogP contribution in [0.2, 0.25) is 0 Å². The van der Waals surface area contributed by atoms with E-state index in [1.165, 1.54) is 4.52 Å². The van der Waals surface area contributed by atoms with Crippen molar-refractivity contribution in [2.75, 3.05) is 6.61 Å². The Balaban J connectivity index is 1.44. The Hall–Kier alpha value is -4.40. The van der Waals surface area contributed by atoms with Gasteiger partial charge in [-0.1, -0.05) is 60.7 Å². The normalized spacial score (nSPS) is 10.6. The van der Waals surface area contributed by atoms with Crippen LogP contribution in [0.15, 0.2) is 71.8 Å². The van der Waals surface area contributed by atoms with Gasteiger partial charge in [0.05, 0.1) is 5.71 Å². The molecule has 0 bridgehead atoms. The standard InChI is InChI=1S/C23H20N6O3/c1-15-13-16(2)29-23(24-15)25-21(28-29)22(31)32-14-19(30)26-27-20(17-9-5-3-6-10-17)18-11-7-4-8-12-18/h3-13H,14H2,1-2H3,(H,26,30). The fourth-order valence-electron chi connectivity index (χ4n) is 3.09. The lowest BCUT2D eigenvalue weighted by atomic mass is 10.0. The Labute approximate surface area is 183 Å². The van der Waals surface area contributed by atoms with Crippen LogP contribution in [-0.2, 0) is 9.53 Å². The molecule has 0 saturated heterocycles. The Kier molecular flexibility index (Phi) is 5.98. The summed E-state index contributed by atoms with van der Waals surface area (Å²) in [6.07, 6.45) is 0. The monoisotopic (exact) mass is 428 g/mol. The molecule has 0 radical (unpaired) electrons. The number of hydrazone groups is 1. The van der Waals surface area contributed by atoms with Gasteiger partial charge in [0.25, 0.3) is 17.5 Å².